The maximum absolute atomic E-state index is 2.43. The molecule has 120 valence electrons. The quantitative estimate of drug-likeness (QED) is 0.623. The lowest BCUT2D eigenvalue weighted by molar-refractivity contribution is 1.37. The van der Waals surface area contributed by atoms with E-state index < -0.39 is 0 Å². The molecule has 0 aliphatic carbocycles. The minimum absolute atomic E-state index is 0.184. The predicted molar refractivity (Wildman–Crippen MR) is 109 cm³/mol. The Morgan fingerprint density at radius 1 is 0.720 bits per heavy atom. The van der Waals surface area contributed by atoms with E-state index in [-0.39, 0.29) is 6.85 Å². The van der Waals surface area contributed by atoms with Crippen molar-refractivity contribution < 1.29 is 0 Å². The monoisotopic (exact) mass is 321 g/mol. The highest BCUT2D eigenvalue weighted by atomic mass is 15.1. The molecule has 0 amide bonds. The highest BCUT2D eigenvalue weighted by molar-refractivity contribution is 6.83. The van der Waals surface area contributed by atoms with Gasteiger partial charge in [-0.05, 0) is 36.2 Å². The van der Waals surface area contributed by atoms with Crippen molar-refractivity contribution in [2.75, 3.05) is 4.81 Å². The summed E-state index contributed by atoms with van der Waals surface area (Å²) in [5.41, 5.74) is 6.31. The number of allylic oxidation sites excluding steroid dienone is 2. The summed E-state index contributed by atoms with van der Waals surface area (Å²) in [6.07, 6.45) is 4.38. The number of hydrogen-bond donors (Lipinski definition) is 0. The molecule has 1 aliphatic heterocycles. The van der Waals surface area contributed by atoms with Gasteiger partial charge >= 0.3 is 6.85 Å². The minimum atomic E-state index is 0.184. The molecule has 0 radical (unpaired) electrons. The summed E-state index contributed by atoms with van der Waals surface area (Å²) in [5, 5.41) is 0. The van der Waals surface area contributed by atoms with E-state index in [0.717, 1.165) is 0 Å². The van der Waals surface area contributed by atoms with Gasteiger partial charge in [-0.2, -0.15) is 0 Å². The molecule has 0 N–H and O–H groups in total. The van der Waals surface area contributed by atoms with E-state index in [9.17, 15) is 0 Å². The van der Waals surface area contributed by atoms with Crippen LogP contribution in [0.4, 0.5) is 5.69 Å². The van der Waals surface area contributed by atoms with E-state index in [1.54, 1.807) is 0 Å². The molecule has 0 saturated carbocycles. The number of anilines is 1. The molecule has 0 fully saturated rings. The number of aryl methyl sites for hydroxylation is 1. The Labute approximate surface area is 150 Å². The Morgan fingerprint density at radius 3 is 2.08 bits per heavy atom. The molecule has 3 aromatic carbocycles. The van der Waals surface area contributed by atoms with E-state index in [2.05, 4.69) is 115 Å². The summed E-state index contributed by atoms with van der Waals surface area (Å²) in [6.45, 7) is 2.37. The van der Waals surface area contributed by atoms with Gasteiger partial charge in [0.25, 0.3) is 0 Å². The zero-order valence-electron chi connectivity index (χ0n) is 14.3. The molecule has 4 rings (SSSR count). The molecular formula is C23H20BN. The van der Waals surface area contributed by atoms with Crippen molar-refractivity contribution in [1.29, 1.82) is 0 Å². The topological polar surface area (TPSA) is 3.24 Å². The summed E-state index contributed by atoms with van der Waals surface area (Å²) < 4.78 is 0. The average Bonchev–Trinajstić information content (AvgIpc) is 2.69. The Kier molecular flexibility index (Phi) is 4.26. The van der Waals surface area contributed by atoms with E-state index in [1.165, 1.54) is 28.0 Å². The predicted octanol–water partition coefficient (Wildman–Crippen LogP) is 4.85. The average molecular weight is 321 g/mol. The molecule has 0 bridgehead atoms. The Morgan fingerprint density at radius 2 is 1.36 bits per heavy atom. The lowest BCUT2D eigenvalue weighted by Gasteiger charge is -2.35. The van der Waals surface area contributed by atoms with Crippen molar-refractivity contribution in [3.63, 3.8) is 0 Å². The van der Waals surface area contributed by atoms with Crippen molar-refractivity contribution in [3.8, 4) is 0 Å². The highest BCUT2D eigenvalue weighted by Crippen LogP contribution is 2.30. The van der Waals surface area contributed by atoms with E-state index >= 15 is 0 Å². The molecule has 1 nitrogen and oxygen atoms in total. The van der Waals surface area contributed by atoms with Gasteiger partial charge in [0.2, 0.25) is 0 Å². The van der Waals surface area contributed by atoms with Crippen LogP contribution in [0, 0.1) is 6.92 Å². The molecule has 1 aliphatic rings. The van der Waals surface area contributed by atoms with Crippen molar-refractivity contribution in [3.05, 3.63) is 114 Å². The van der Waals surface area contributed by atoms with Gasteiger partial charge in [0.05, 0.1) is 0 Å². The minimum Gasteiger partial charge on any atom is -0.377 e. The first-order valence-electron chi connectivity index (χ1n) is 8.68. The van der Waals surface area contributed by atoms with Crippen LogP contribution >= 0.6 is 0 Å². The summed E-state index contributed by atoms with van der Waals surface area (Å²) >= 11 is 0. The first-order chi connectivity index (χ1) is 12.3. The molecular weight excluding hydrogens is 301 g/mol. The summed E-state index contributed by atoms with van der Waals surface area (Å²) in [7, 11) is 0. The maximum atomic E-state index is 2.43. The first kappa shape index (κ1) is 15.5. The van der Waals surface area contributed by atoms with Gasteiger partial charge in [0, 0.05) is 11.4 Å². The maximum Gasteiger partial charge on any atom is 0.320 e. The highest BCUT2D eigenvalue weighted by Gasteiger charge is 2.29. The second kappa shape index (κ2) is 6.86. The van der Waals surface area contributed by atoms with Crippen LogP contribution in [-0.4, -0.2) is 6.85 Å². The number of rotatable bonds is 3. The van der Waals surface area contributed by atoms with Crippen molar-refractivity contribution >= 4 is 23.7 Å². The molecule has 0 spiro atoms. The SMILES string of the molecule is Cc1ccccc1B1C=CC=C(c2ccccc2)N1c1ccccc1. The van der Waals surface area contributed by atoms with Crippen LogP contribution in [0.1, 0.15) is 11.1 Å². The largest absolute Gasteiger partial charge is 0.377 e. The smallest absolute Gasteiger partial charge is 0.320 e. The van der Waals surface area contributed by atoms with Crippen LogP contribution in [0.15, 0.2) is 103 Å². The Bertz CT molecular complexity index is 913. The van der Waals surface area contributed by atoms with Crippen molar-refractivity contribution in [2.45, 2.75) is 6.92 Å². The summed E-state index contributed by atoms with van der Waals surface area (Å²) in [6, 6.07) is 29.9. The third kappa shape index (κ3) is 3.03. The standard InChI is InChI=1S/C23H20BN/c1-19-11-8-9-16-22(19)24-18-10-17-23(20-12-4-2-5-13-20)25(24)21-14-6-3-7-15-21/h2-18H,1H3. The number of nitrogens with zero attached hydrogens (tertiary/aromatic N) is 1. The van der Waals surface area contributed by atoms with Crippen LogP contribution in [0.5, 0.6) is 0 Å². The van der Waals surface area contributed by atoms with Crippen LogP contribution in [0.2, 0.25) is 0 Å². The molecule has 0 unspecified atom stereocenters. The Balaban J connectivity index is 1.87. The molecule has 2 heteroatoms. The second-order valence-electron chi connectivity index (χ2n) is 6.31. The molecule has 3 aromatic rings. The summed E-state index contributed by atoms with van der Waals surface area (Å²) in [4.78, 5) is 2.43. The zero-order chi connectivity index (χ0) is 17.1. The number of hydrogen-bond acceptors (Lipinski definition) is 1. The molecule has 0 saturated heterocycles. The number of para-hydroxylation sites is 1. The van der Waals surface area contributed by atoms with E-state index in [1.807, 2.05) is 0 Å². The lowest BCUT2D eigenvalue weighted by atomic mass is 9.51. The fourth-order valence-corrected chi connectivity index (χ4v) is 3.46. The van der Waals surface area contributed by atoms with Gasteiger partial charge in [-0.25, -0.2) is 0 Å². The van der Waals surface area contributed by atoms with Gasteiger partial charge < -0.3 is 4.81 Å². The third-order valence-corrected chi connectivity index (χ3v) is 4.70. The summed E-state index contributed by atoms with van der Waals surface area (Å²) in [5.74, 6) is 2.28. The van der Waals surface area contributed by atoms with Gasteiger partial charge in [0.15, 0.2) is 0 Å². The zero-order valence-corrected chi connectivity index (χ0v) is 14.3. The van der Waals surface area contributed by atoms with Gasteiger partial charge in [-0.3, -0.25) is 0 Å². The van der Waals surface area contributed by atoms with Crippen LogP contribution < -0.4 is 10.3 Å². The van der Waals surface area contributed by atoms with Crippen LogP contribution in [-0.2, 0) is 0 Å². The molecule has 0 atom stereocenters. The fourth-order valence-electron chi connectivity index (χ4n) is 3.46. The second-order valence-corrected chi connectivity index (χ2v) is 6.31. The normalized spacial score (nSPS) is 13.7. The van der Waals surface area contributed by atoms with Crippen molar-refractivity contribution in [2.24, 2.45) is 0 Å². The molecule has 0 aromatic heterocycles. The third-order valence-electron chi connectivity index (χ3n) is 4.70. The first-order valence-corrected chi connectivity index (χ1v) is 8.68. The lowest BCUT2D eigenvalue weighted by Crippen LogP contribution is -2.48. The van der Waals surface area contributed by atoms with Crippen LogP contribution in [0.3, 0.4) is 0 Å². The number of benzene rings is 3. The van der Waals surface area contributed by atoms with Gasteiger partial charge in [-0.15, -0.1) is 0 Å². The van der Waals surface area contributed by atoms with Gasteiger partial charge in [-0.1, -0.05) is 90.4 Å². The fraction of sp³-hybridized carbons (Fsp3) is 0.0435. The molecule has 1 heterocycles. The van der Waals surface area contributed by atoms with E-state index in [4.69, 9.17) is 0 Å². The van der Waals surface area contributed by atoms with Crippen molar-refractivity contribution in [1.82, 2.24) is 0 Å². The van der Waals surface area contributed by atoms with Gasteiger partial charge in [0.1, 0.15) is 0 Å². The van der Waals surface area contributed by atoms with E-state index in [0.29, 0.717) is 0 Å². The van der Waals surface area contributed by atoms with Crippen LogP contribution in [0.25, 0.3) is 5.70 Å². The molecule has 25 heavy (non-hydrogen) atoms. The Hall–Kier alpha value is -3.00.